The van der Waals surface area contributed by atoms with E-state index in [1.807, 2.05) is 26.0 Å². The summed E-state index contributed by atoms with van der Waals surface area (Å²) in [4.78, 5) is 11.9. The van der Waals surface area contributed by atoms with Gasteiger partial charge in [-0.2, -0.15) is 5.26 Å². The number of hydrogen-bond acceptors (Lipinski definition) is 3. The SMILES string of the molecule is CCCC(C(=O)OCC)c1ccc(C)c(C#N)c1. The first kappa shape index (κ1) is 14.2. The third-order valence-corrected chi connectivity index (χ3v) is 2.93. The van der Waals surface area contributed by atoms with Gasteiger partial charge in [-0.3, -0.25) is 4.79 Å². The van der Waals surface area contributed by atoms with Gasteiger partial charge in [-0.15, -0.1) is 0 Å². The van der Waals surface area contributed by atoms with E-state index in [0.717, 1.165) is 24.0 Å². The summed E-state index contributed by atoms with van der Waals surface area (Å²) in [7, 11) is 0. The van der Waals surface area contributed by atoms with Crippen LogP contribution in [0.2, 0.25) is 0 Å². The average molecular weight is 245 g/mol. The molecule has 1 rings (SSSR count). The molecule has 0 N–H and O–H groups in total. The molecule has 0 aliphatic rings. The fourth-order valence-electron chi connectivity index (χ4n) is 1.93. The van der Waals surface area contributed by atoms with Crippen molar-refractivity contribution in [2.24, 2.45) is 0 Å². The first-order valence-electron chi connectivity index (χ1n) is 6.31. The molecule has 1 atom stereocenters. The van der Waals surface area contributed by atoms with Gasteiger partial charge in [-0.1, -0.05) is 25.5 Å². The number of rotatable bonds is 5. The Hall–Kier alpha value is -1.82. The van der Waals surface area contributed by atoms with E-state index in [1.165, 1.54) is 0 Å². The summed E-state index contributed by atoms with van der Waals surface area (Å²) in [5.41, 5.74) is 2.43. The molecule has 3 heteroatoms. The van der Waals surface area contributed by atoms with Gasteiger partial charge in [0.15, 0.2) is 0 Å². The number of nitriles is 1. The molecule has 1 unspecified atom stereocenters. The Labute approximate surface area is 108 Å². The molecule has 0 saturated carbocycles. The molecule has 0 saturated heterocycles. The number of hydrogen-bond donors (Lipinski definition) is 0. The molecular weight excluding hydrogens is 226 g/mol. The summed E-state index contributed by atoms with van der Waals surface area (Å²) < 4.78 is 5.09. The minimum absolute atomic E-state index is 0.202. The second-order valence-electron chi connectivity index (χ2n) is 4.28. The molecule has 0 bridgehead atoms. The molecule has 0 aliphatic carbocycles. The quantitative estimate of drug-likeness (QED) is 0.748. The normalized spacial score (nSPS) is 11.7. The number of esters is 1. The van der Waals surface area contributed by atoms with Crippen LogP contribution in [-0.4, -0.2) is 12.6 Å². The highest BCUT2D eigenvalue weighted by atomic mass is 16.5. The number of ether oxygens (including phenoxy) is 1. The molecule has 96 valence electrons. The van der Waals surface area contributed by atoms with E-state index in [9.17, 15) is 4.79 Å². The Morgan fingerprint density at radius 1 is 1.44 bits per heavy atom. The maximum atomic E-state index is 11.9. The number of carbonyl (C=O) groups is 1. The van der Waals surface area contributed by atoms with Crippen molar-refractivity contribution in [2.75, 3.05) is 6.61 Å². The van der Waals surface area contributed by atoms with Crippen LogP contribution in [0.5, 0.6) is 0 Å². The molecule has 1 aromatic carbocycles. The van der Waals surface area contributed by atoms with Gasteiger partial charge in [0.1, 0.15) is 0 Å². The van der Waals surface area contributed by atoms with Gasteiger partial charge in [0.25, 0.3) is 0 Å². The first-order chi connectivity index (χ1) is 8.63. The molecule has 0 aromatic heterocycles. The predicted molar refractivity (Wildman–Crippen MR) is 70.2 cm³/mol. The van der Waals surface area contributed by atoms with E-state index in [2.05, 4.69) is 6.07 Å². The Morgan fingerprint density at radius 2 is 2.17 bits per heavy atom. The minimum Gasteiger partial charge on any atom is -0.466 e. The molecule has 0 radical (unpaired) electrons. The largest absolute Gasteiger partial charge is 0.466 e. The second-order valence-corrected chi connectivity index (χ2v) is 4.28. The highest BCUT2D eigenvalue weighted by Crippen LogP contribution is 2.25. The topological polar surface area (TPSA) is 50.1 Å². The second kappa shape index (κ2) is 6.80. The average Bonchev–Trinajstić information content (AvgIpc) is 2.37. The summed E-state index contributed by atoms with van der Waals surface area (Å²) in [5.74, 6) is -0.463. The molecule has 0 heterocycles. The highest BCUT2D eigenvalue weighted by molar-refractivity contribution is 5.78. The van der Waals surface area contributed by atoms with Gasteiger partial charge in [0.05, 0.1) is 24.2 Å². The zero-order chi connectivity index (χ0) is 13.5. The lowest BCUT2D eigenvalue weighted by Crippen LogP contribution is -2.16. The summed E-state index contributed by atoms with van der Waals surface area (Å²) in [6, 6.07) is 7.74. The summed E-state index contributed by atoms with van der Waals surface area (Å²) >= 11 is 0. The lowest BCUT2D eigenvalue weighted by atomic mass is 9.92. The molecule has 1 aromatic rings. The van der Waals surface area contributed by atoms with Crippen molar-refractivity contribution in [3.63, 3.8) is 0 Å². The van der Waals surface area contributed by atoms with Crippen molar-refractivity contribution >= 4 is 5.97 Å². The smallest absolute Gasteiger partial charge is 0.313 e. The highest BCUT2D eigenvalue weighted by Gasteiger charge is 2.21. The van der Waals surface area contributed by atoms with Gasteiger partial charge in [-0.25, -0.2) is 0 Å². The van der Waals surface area contributed by atoms with E-state index < -0.39 is 0 Å². The molecule has 0 spiro atoms. The van der Waals surface area contributed by atoms with Gasteiger partial charge in [0, 0.05) is 0 Å². The van der Waals surface area contributed by atoms with Crippen LogP contribution in [0.25, 0.3) is 0 Å². The summed E-state index contributed by atoms with van der Waals surface area (Å²) in [6.07, 6.45) is 1.64. The lowest BCUT2D eigenvalue weighted by molar-refractivity contribution is -0.145. The molecule has 0 amide bonds. The van der Waals surface area contributed by atoms with Gasteiger partial charge >= 0.3 is 5.97 Å². The number of aryl methyl sites for hydroxylation is 1. The number of carbonyl (C=O) groups excluding carboxylic acids is 1. The van der Waals surface area contributed by atoms with Crippen LogP contribution in [0.1, 0.15) is 49.3 Å². The fraction of sp³-hybridized carbons (Fsp3) is 0.467. The van der Waals surface area contributed by atoms with Crippen LogP contribution >= 0.6 is 0 Å². The number of nitrogens with zero attached hydrogens (tertiary/aromatic N) is 1. The van der Waals surface area contributed by atoms with E-state index in [-0.39, 0.29) is 11.9 Å². The van der Waals surface area contributed by atoms with E-state index in [1.54, 1.807) is 13.0 Å². The minimum atomic E-state index is -0.261. The molecule has 3 nitrogen and oxygen atoms in total. The summed E-state index contributed by atoms with van der Waals surface area (Å²) in [6.45, 7) is 6.11. The Bertz CT molecular complexity index is 460. The summed E-state index contributed by atoms with van der Waals surface area (Å²) in [5, 5.41) is 9.03. The van der Waals surface area contributed by atoms with Crippen molar-refractivity contribution in [2.45, 2.75) is 39.5 Å². The van der Waals surface area contributed by atoms with Crippen LogP contribution < -0.4 is 0 Å². The number of benzene rings is 1. The molecule has 18 heavy (non-hydrogen) atoms. The van der Waals surface area contributed by atoms with E-state index >= 15 is 0 Å². The van der Waals surface area contributed by atoms with E-state index in [4.69, 9.17) is 10.00 Å². The third kappa shape index (κ3) is 3.33. The maximum Gasteiger partial charge on any atom is 0.313 e. The predicted octanol–water partition coefficient (Wildman–Crippen LogP) is 3.31. The van der Waals surface area contributed by atoms with Crippen LogP contribution in [0.3, 0.4) is 0 Å². The first-order valence-corrected chi connectivity index (χ1v) is 6.31. The van der Waals surface area contributed by atoms with Crippen molar-refractivity contribution in [1.29, 1.82) is 5.26 Å². The van der Waals surface area contributed by atoms with Crippen molar-refractivity contribution in [1.82, 2.24) is 0 Å². The lowest BCUT2D eigenvalue weighted by Gasteiger charge is -2.15. The monoisotopic (exact) mass is 245 g/mol. The van der Waals surface area contributed by atoms with Crippen LogP contribution in [0.4, 0.5) is 0 Å². The zero-order valence-corrected chi connectivity index (χ0v) is 11.2. The zero-order valence-electron chi connectivity index (χ0n) is 11.2. The molecule has 0 aliphatic heterocycles. The van der Waals surface area contributed by atoms with Crippen molar-refractivity contribution in [3.8, 4) is 6.07 Å². The fourth-order valence-corrected chi connectivity index (χ4v) is 1.93. The van der Waals surface area contributed by atoms with Crippen LogP contribution in [0, 0.1) is 18.3 Å². The van der Waals surface area contributed by atoms with Crippen LogP contribution in [0.15, 0.2) is 18.2 Å². The van der Waals surface area contributed by atoms with Crippen molar-refractivity contribution < 1.29 is 9.53 Å². The molecular formula is C15H19NO2. The van der Waals surface area contributed by atoms with Gasteiger partial charge in [0.2, 0.25) is 0 Å². The third-order valence-electron chi connectivity index (χ3n) is 2.93. The van der Waals surface area contributed by atoms with Gasteiger partial charge in [-0.05, 0) is 37.5 Å². The molecule has 0 fully saturated rings. The standard InChI is InChI=1S/C15H19NO2/c1-4-6-14(15(17)18-5-2)12-8-7-11(3)13(9-12)10-16/h7-9,14H,4-6H2,1-3H3. The van der Waals surface area contributed by atoms with E-state index in [0.29, 0.717) is 12.2 Å². The maximum absolute atomic E-state index is 11.9. The van der Waals surface area contributed by atoms with Crippen LogP contribution in [-0.2, 0) is 9.53 Å². The Kier molecular flexibility index (Phi) is 5.38. The van der Waals surface area contributed by atoms with Crippen molar-refractivity contribution in [3.05, 3.63) is 34.9 Å². The Balaban J connectivity index is 3.06. The Morgan fingerprint density at radius 3 is 2.72 bits per heavy atom. The van der Waals surface area contributed by atoms with Gasteiger partial charge < -0.3 is 4.74 Å².